The summed E-state index contributed by atoms with van der Waals surface area (Å²) in [7, 11) is 1.92. The van der Waals surface area contributed by atoms with Crippen molar-refractivity contribution in [2.45, 2.75) is 25.4 Å². The fraction of sp³-hybridized carbons (Fsp3) is 0.875. The van der Waals surface area contributed by atoms with E-state index >= 15 is 0 Å². The van der Waals surface area contributed by atoms with Crippen molar-refractivity contribution >= 4 is 18.3 Å². The first-order chi connectivity index (χ1) is 5.65. The molecule has 0 aromatic rings. The molecule has 0 spiro atoms. The van der Waals surface area contributed by atoms with Gasteiger partial charge in [0, 0.05) is 19.1 Å². The van der Waals surface area contributed by atoms with E-state index in [1.54, 1.807) is 6.92 Å². The van der Waals surface area contributed by atoms with E-state index < -0.39 is 0 Å². The number of likely N-dealkylation sites (tertiary alicyclic amines) is 1. The first kappa shape index (κ1) is 12.7. The average Bonchev–Trinajstić information content (AvgIpc) is 2.50. The van der Waals surface area contributed by atoms with Crippen LogP contribution < -0.4 is 11.1 Å². The van der Waals surface area contributed by atoms with Crippen molar-refractivity contribution < 1.29 is 4.79 Å². The largest absolute Gasteiger partial charge is 0.340 e. The molecule has 0 aromatic heterocycles. The van der Waals surface area contributed by atoms with Crippen LogP contribution in [-0.4, -0.2) is 43.0 Å². The molecule has 0 bridgehead atoms. The molecule has 1 amide bonds. The molecule has 3 N–H and O–H groups in total. The van der Waals surface area contributed by atoms with Gasteiger partial charge in [-0.05, 0) is 20.4 Å². The lowest BCUT2D eigenvalue weighted by atomic mass is 10.3. The van der Waals surface area contributed by atoms with Crippen LogP contribution in [0.25, 0.3) is 0 Å². The third-order valence-electron chi connectivity index (χ3n) is 2.30. The molecule has 5 heteroatoms. The summed E-state index contributed by atoms with van der Waals surface area (Å²) in [5, 5.41) is 3.15. The van der Waals surface area contributed by atoms with Gasteiger partial charge >= 0.3 is 0 Å². The zero-order valence-corrected chi connectivity index (χ0v) is 8.93. The Labute approximate surface area is 85.3 Å². The summed E-state index contributed by atoms with van der Waals surface area (Å²) in [6, 6.07) is 0.0910. The number of nitrogens with one attached hydrogen (secondary N) is 1. The van der Waals surface area contributed by atoms with Gasteiger partial charge in [0.2, 0.25) is 5.91 Å². The number of hydrogen-bond acceptors (Lipinski definition) is 3. The smallest absolute Gasteiger partial charge is 0.239 e. The quantitative estimate of drug-likeness (QED) is 0.647. The molecule has 1 fully saturated rings. The van der Waals surface area contributed by atoms with Crippen molar-refractivity contribution in [3.05, 3.63) is 0 Å². The van der Waals surface area contributed by atoms with Gasteiger partial charge in [0.15, 0.2) is 0 Å². The Hall–Kier alpha value is -0.320. The van der Waals surface area contributed by atoms with Gasteiger partial charge in [-0.3, -0.25) is 4.79 Å². The summed E-state index contributed by atoms with van der Waals surface area (Å²) in [5.74, 6) is 0.0627. The predicted molar refractivity (Wildman–Crippen MR) is 54.9 cm³/mol. The Bertz CT molecular complexity index is 175. The number of halogens is 1. The van der Waals surface area contributed by atoms with E-state index in [4.69, 9.17) is 5.73 Å². The van der Waals surface area contributed by atoms with Crippen molar-refractivity contribution in [2.24, 2.45) is 5.73 Å². The SMILES string of the molecule is CNC1CCN(C(=O)[C@@H](C)N)C1.Cl. The maximum atomic E-state index is 11.4. The Morgan fingerprint density at radius 3 is 2.69 bits per heavy atom. The lowest BCUT2D eigenvalue weighted by Crippen LogP contribution is -2.42. The van der Waals surface area contributed by atoms with Gasteiger partial charge in [0.25, 0.3) is 0 Å². The Morgan fingerprint density at radius 2 is 2.31 bits per heavy atom. The number of amides is 1. The first-order valence-corrected chi connectivity index (χ1v) is 4.36. The molecule has 0 aromatic carbocycles. The molecule has 1 unspecified atom stereocenters. The van der Waals surface area contributed by atoms with Crippen molar-refractivity contribution in [1.29, 1.82) is 0 Å². The summed E-state index contributed by atoms with van der Waals surface area (Å²) in [6.45, 7) is 3.37. The molecule has 2 atom stereocenters. The minimum Gasteiger partial charge on any atom is -0.340 e. The summed E-state index contributed by atoms with van der Waals surface area (Å²) in [6.07, 6.45) is 1.04. The molecule has 1 aliphatic heterocycles. The third-order valence-corrected chi connectivity index (χ3v) is 2.30. The zero-order chi connectivity index (χ0) is 9.14. The van der Waals surface area contributed by atoms with Crippen molar-refractivity contribution in [3.63, 3.8) is 0 Å². The van der Waals surface area contributed by atoms with Gasteiger partial charge in [-0.25, -0.2) is 0 Å². The Kier molecular flexibility index (Phi) is 5.29. The minimum atomic E-state index is -0.361. The minimum absolute atomic E-state index is 0. The summed E-state index contributed by atoms with van der Waals surface area (Å²) in [4.78, 5) is 13.2. The number of hydrogen-bond donors (Lipinski definition) is 2. The van der Waals surface area contributed by atoms with E-state index in [1.807, 2.05) is 11.9 Å². The van der Waals surface area contributed by atoms with Crippen molar-refractivity contribution in [1.82, 2.24) is 10.2 Å². The van der Waals surface area contributed by atoms with E-state index in [0.717, 1.165) is 19.5 Å². The van der Waals surface area contributed by atoms with Crippen LogP contribution in [0.3, 0.4) is 0 Å². The second-order valence-electron chi connectivity index (χ2n) is 3.35. The average molecular weight is 208 g/mol. The van der Waals surface area contributed by atoms with Gasteiger partial charge in [0.05, 0.1) is 6.04 Å². The van der Waals surface area contributed by atoms with Crippen LogP contribution in [0.1, 0.15) is 13.3 Å². The van der Waals surface area contributed by atoms with Crippen LogP contribution in [0.15, 0.2) is 0 Å². The summed E-state index contributed by atoms with van der Waals surface area (Å²) < 4.78 is 0. The van der Waals surface area contributed by atoms with Crippen LogP contribution in [0.5, 0.6) is 0 Å². The molecule has 0 radical (unpaired) electrons. The number of nitrogens with two attached hydrogens (primary N) is 1. The predicted octanol–water partition coefficient (Wildman–Crippen LogP) is -0.424. The highest BCUT2D eigenvalue weighted by Gasteiger charge is 2.26. The lowest BCUT2D eigenvalue weighted by Gasteiger charge is -2.18. The zero-order valence-electron chi connectivity index (χ0n) is 8.12. The Morgan fingerprint density at radius 1 is 1.69 bits per heavy atom. The normalized spacial score (nSPS) is 23.9. The fourth-order valence-electron chi connectivity index (χ4n) is 1.48. The second-order valence-corrected chi connectivity index (χ2v) is 3.35. The molecule has 1 rings (SSSR count). The van der Waals surface area contributed by atoms with E-state index in [1.165, 1.54) is 0 Å². The van der Waals surface area contributed by atoms with Gasteiger partial charge in [-0.1, -0.05) is 0 Å². The van der Waals surface area contributed by atoms with Crippen LogP contribution in [0.2, 0.25) is 0 Å². The first-order valence-electron chi connectivity index (χ1n) is 4.36. The monoisotopic (exact) mass is 207 g/mol. The van der Waals surface area contributed by atoms with Gasteiger partial charge in [-0.15, -0.1) is 12.4 Å². The third kappa shape index (κ3) is 3.14. The van der Waals surface area contributed by atoms with Crippen molar-refractivity contribution in [2.75, 3.05) is 20.1 Å². The summed E-state index contributed by atoms with van der Waals surface area (Å²) >= 11 is 0. The second kappa shape index (κ2) is 5.42. The lowest BCUT2D eigenvalue weighted by molar-refractivity contribution is -0.131. The topological polar surface area (TPSA) is 58.4 Å². The van der Waals surface area contributed by atoms with E-state index in [2.05, 4.69) is 5.32 Å². The molecule has 0 saturated carbocycles. The fourth-order valence-corrected chi connectivity index (χ4v) is 1.48. The highest BCUT2D eigenvalue weighted by molar-refractivity contribution is 5.85. The van der Waals surface area contributed by atoms with E-state index in [-0.39, 0.29) is 24.4 Å². The molecular weight excluding hydrogens is 190 g/mol. The molecule has 13 heavy (non-hydrogen) atoms. The van der Waals surface area contributed by atoms with E-state index in [0.29, 0.717) is 6.04 Å². The van der Waals surface area contributed by atoms with Gasteiger partial charge < -0.3 is 16.0 Å². The van der Waals surface area contributed by atoms with Gasteiger partial charge in [0.1, 0.15) is 0 Å². The van der Waals surface area contributed by atoms with Crippen molar-refractivity contribution in [3.8, 4) is 0 Å². The van der Waals surface area contributed by atoms with Gasteiger partial charge in [-0.2, -0.15) is 0 Å². The molecule has 0 aliphatic carbocycles. The maximum absolute atomic E-state index is 11.4. The maximum Gasteiger partial charge on any atom is 0.239 e. The molecule has 4 nitrogen and oxygen atoms in total. The highest BCUT2D eigenvalue weighted by atomic mass is 35.5. The summed E-state index contributed by atoms with van der Waals surface area (Å²) in [5.41, 5.74) is 5.49. The van der Waals surface area contributed by atoms with E-state index in [9.17, 15) is 4.79 Å². The number of carbonyl (C=O) groups is 1. The highest BCUT2D eigenvalue weighted by Crippen LogP contribution is 2.09. The van der Waals surface area contributed by atoms with Crippen LogP contribution in [0.4, 0.5) is 0 Å². The number of likely N-dealkylation sites (N-methyl/N-ethyl adjacent to an activating group) is 1. The van der Waals surface area contributed by atoms with Crippen LogP contribution in [0, 0.1) is 0 Å². The number of nitrogens with zero attached hydrogens (tertiary/aromatic N) is 1. The van der Waals surface area contributed by atoms with Crippen LogP contribution in [-0.2, 0) is 4.79 Å². The standard InChI is InChI=1S/C8H17N3O.ClH/c1-6(9)8(12)11-4-3-7(5-11)10-2;/h6-7,10H,3-5,9H2,1-2H3;1H/t6-,7?;/m1./s1. The molecule has 1 saturated heterocycles. The number of rotatable bonds is 2. The molecule has 1 heterocycles. The molecular formula is C8H18ClN3O. The number of carbonyl (C=O) groups excluding carboxylic acids is 1. The van der Waals surface area contributed by atoms with Crippen LogP contribution >= 0.6 is 12.4 Å². The Balaban J connectivity index is 0.00000144. The molecule has 1 aliphatic rings. The molecule has 78 valence electrons.